The van der Waals surface area contributed by atoms with Gasteiger partial charge in [-0.1, -0.05) is 5.04 Å². The van der Waals surface area contributed by atoms with Crippen molar-refractivity contribution < 1.29 is 36.6 Å². The van der Waals surface area contributed by atoms with E-state index in [9.17, 15) is 17.8 Å². The first-order valence-corrected chi connectivity index (χ1v) is 12.7. The van der Waals surface area contributed by atoms with Crippen molar-refractivity contribution in [3.8, 4) is 0 Å². The molecule has 2 aromatic carbocycles. The zero-order valence-electron chi connectivity index (χ0n) is 17.5. The first-order valence-electron chi connectivity index (χ1n) is 9.25. The summed E-state index contributed by atoms with van der Waals surface area (Å²) in [5.41, 5.74) is 1.39. The number of rotatable bonds is 11. The van der Waals surface area contributed by atoms with Crippen LogP contribution in [0.15, 0.2) is 52.3 Å². The highest BCUT2D eigenvalue weighted by molar-refractivity contribution is 7.96. The molecule has 0 unspecified atom stereocenters. The Hall–Kier alpha value is -2.70. The topological polar surface area (TPSA) is 182 Å². The Morgan fingerprint density at radius 1 is 1.06 bits per heavy atom. The Balaban J connectivity index is 1.63. The van der Waals surface area contributed by atoms with Crippen LogP contribution in [0.5, 0.6) is 0 Å². The van der Waals surface area contributed by atoms with Crippen molar-refractivity contribution in [1.82, 2.24) is 15.0 Å². The number of aryl methyl sites for hydroxylation is 1. The summed E-state index contributed by atoms with van der Waals surface area (Å²) in [7, 11) is -4.33. The van der Waals surface area contributed by atoms with E-state index in [2.05, 4.69) is 35.0 Å². The van der Waals surface area contributed by atoms with E-state index < -0.39 is 16.1 Å². The van der Waals surface area contributed by atoms with E-state index in [1.165, 1.54) is 25.1 Å². The molecule has 0 saturated carbocycles. The van der Waals surface area contributed by atoms with E-state index in [0.29, 0.717) is 33.9 Å². The maximum atomic E-state index is 11.5. The minimum Gasteiger partial charge on any atom is -0.385 e. The van der Waals surface area contributed by atoms with Crippen molar-refractivity contribution in [2.24, 2.45) is 0 Å². The highest BCUT2D eigenvalue weighted by Crippen LogP contribution is 2.25. The SMILES string of the molecule is Cc1cc(Nc2nc(Cl)nc(Nc3ccc(SOC(=O)CSOOO)cc3)n2)ccc1S(=O)(=O)O. The van der Waals surface area contributed by atoms with Gasteiger partial charge in [0, 0.05) is 28.3 Å². The summed E-state index contributed by atoms with van der Waals surface area (Å²) in [6, 6.07) is 10.9. The first kappa shape index (κ1) is 26.9. The molecular formula is C18H16ClN5O8S3. The number of benzene rings is 2. The molecule has 0 fully saturated rings. The van der Waals surface area contributed by atoms with E-state index in [0.717, 1.165) is 12.0 Å². The van der Waals surface area contributed by atoms with Gasteiger partial charge in [-0.15, -0.1) is 4.33 Å². The molecule has 4 N–H and O–H groups in total. The van der Waals surface area contributed by atoms with Gasteiger partial charge in [0.1, 0.15) is 5.75 Å². The number of hydrogen-bond acceptors (Lipinski definition) is 14. The largest absolute Gasteiger partial charge is 0.385 e. The zero-order valence-corrected chi connectivity index (χ0v) is 20.7. The molecule has 0 saturated heterocycles. The fraction of sp³-hybridized carbons (Fsp3) is 0.111. The van der Waals surface area contributed by atoms with Crippen LogP contribution < -0.4 is 10.6 Å². The van der Waals surface area contributed by atoms with Gasteiger partial charge in [-0.25, -0.2) is 5.26 Å². The number of aromatic nitrogens is 3. The lowest BCUT2D eigenvalue weighted by molar-refractivity contribution is -0.432. The zero-order chi connectivity index (χ0) is 25.4. The number of carbonyl (C=O) groups is 1. The Labute approximate surface area is 212 Å². The van der Waals surface area contributed by atoms with Crippen LogP contribution in [0.25, 0.3) is 0 Å². The van der Waals surface area contributed by atoms with Crippen LogP contribution in [0.4, 0.5) is 23.3 Å². The average Bonchev–Trinajstić information content (AvgIpc) is 2.77. The Morgan fingerprint density at radius 2 is 1.69 bits per heavy atom. The summed E-state index contributed by atoms with van der Waals surface area (Å²) in [6.07, 6.45) is 0. The van der Waals surface area contributed by atoms with Crippen molar-refractivity contribution in [2.45, 2.75) is 16.7 Å². The molecule has 0 aliphatic carbocycles. The molecule has 13 nitrogen and oxygen atoms in total. The maximum absolute atomic E-state index is 11.5. The molecule has 0 spiro atoms. The van der Waals surface area contributed by atoms with E-state index in [1.807, 2.05) is 0 Å². The van der Waals surface area contributed by atoms with Crippen LogP contribution in [0, 0.1) is 6.92 Å². The Bertz CT molecular complexity index is 1300. The molecule has 0 aliphatic rings. The van der Waals surface area contributed by atoms with E-state index >= 15 is 0 Å². The molecule has 0 aliphatic heterocycles. The van der Waals surface area contributed by atoms with Crippen molar-refractivity contribution >= 4 is 75.0 Å². The van der Waals surface area contributed by atoms with E-state index in [4.69, 9.17) is 21.0 Å². The predicted octanol–water partition coefficient (Wildman–Crippen LogP) is 4.19. The van der Waals surface area contributed by atoms with Gasteiger partial charge < -0.3 is 14.8 Å². The van der Waals surface area contributed by atoms with Gasteiger partial charge in [-0.3, -0.25) is 9.35 Å². The summed E-state index contributed by atoms with van der Waals surface area (Å²) in [6.45, 7) is 1.53. The van der Waals surface area contributed by atoms with E-state index in [1.54, 1.807) is 24.3 Å². The Kier molecular flexibility index (Phi) is 9.47. The molecule has 35 heavy (non-hydrogen) atoms. The second kappa shape index (κ2) is 12.3. The summed E-state index contributed by atoms with van der Waals surface area (Å²) < 4.78 is 41.0. The predicted molar refractivity (Wildman–Crippen MR) is 128 cm³/mol. The first-order chi connectivity index (χ1) is 16.6. The minimum absolute atomic E-state index is 0.0937. The minimum atomic E-state index is -4.33. The van der Waals surface area contributed by atoms with Crippen LogP contribution >= 0.6 is 35.7 Å². The van der Waals surface area contributed by atoms with Crippen molar-refractivity contribution in [3.05, 3.63) is 53.3 Å². The molecule has 186 valence electrons. The number of carbonyl (C=O) groups excluding carboxylic acids is 1. The van der Waals surface area contributed by atoms with Gasteiger partial charge in [0.2, 0.25) is 17.2 Å². The fourth-order valence-corrected chi connectivity index (χ4v) is 4.22. The fourth-order valence-electron chi connectivity index (χ4n) is 2.54. The third kappa shape index (κ3) is 8.48. The van der Waals surface area contributed by atoms with Gasteiger partial charge in [-0.05, 0) is 66.6 Å². The molecule has 1 aromatic heterocycles. The lowest BCUT2D eigenvalue weighted by Gasteiger charge is -2.10. The van der Waals surface area contributed by atoms with Gasteiger partial charge in [0.25, 0.3) is 10.1 Å². The lowest BCUT2D eigenvalue weighted by atomic mass is 10.2. The number of nitrogens with zero attached hydrogens (tertiary/aromatic N) is 3. The monoisotopic (exact) mass is 561 g/mol. The van der Waals surface area contributed by atoms with Crippen LogP contribution in [-0.2, 0) is 28.5 Å². The molecule has 0 atom stereocenters. The molecule has 1 heterocycles. The highest BCUT2D eigenvalue weighted by atomic mass is 35.5. The number of anilines is 4. The quantitative estimate of drug-likeness (QED) is 0.0858. The third-order valence-corrected chi connectivity index (χ3v) is 6.34. The van der Waals surface area contributed by atoms with Gasteiger partial charge in [0.05, 0.1) is 16.9 Å². The molecule has 0 radical (unpaired) electrons. The molecule has 3 aromatic rings. The summed E-state index contributed by atoms with van der Waals surface area (Å²) >= 11 is 7.40. The summed E-state index contributed by atoms with van der Waals surface area (Å²) in [5.74, 6) is -0.553. The maximum Gasteiger partial charge on any atom is 0.330 e. The molecular weight excluding hydrogens is 546 g/mol. The van der Waals surface area contributed by atoms with Gasteiger partial charge in [0.15, 0.2) is 0 Å². The highest BCUT2D eigenvalue weighted by Gasteiger charge is 2.14. The standard InChI is InChI=1S/C18H16ClN5O8S3/c1-10-8-12(4-7-14(10)35(27,28)29)21-18-23-16(19)22-17(24-18)20-11-2-5-13(6-3-11)34-30-15(25)9-33-32-31-26/h2-8,26H,9H2,1H3,(H,27,28,29)(H2,20,21,22,23,24). The van der Waals surface area contributed by atoms with E-state index in [-0.39, 0.29) is 27.8 Å². The van der Waals surface area contributed by atoms with Crippen LogP contribution in [-0.4, -0.2) is 44.9 Å². The van der Waals surface area contributed by atoms with Crippen LogP contribution in [0.2, 0.25) is 5.28 Å². The smallest absolute Gasteiger partial charge is 0.330 e. The number of hydrogen-bond donors (Lipinski definition) is 4. The van der Waals surface area contributed by atoms with Crippen molar-refractivity contribution in [3.63, 3.8) is 0 Å². The summed E-state index contributed by atoms with van der Waals surface area (Å²) in [4.78, 5) is 24.2. The van der Waals surface area contributed by atoms with Crippen LogP contribution in [0.1, 0.15) is 5.56 Å². The number of halogens is 1. The van der Waals surface area contributed by atoms with Crippen molar-refractivity contribution in [2.75, 3.05) is 16.4 Å². The molecule has 17 heteroatoms. The van der Waals surface area contributed by atoms with Crippen molar-refractivity contribution in [1.29, 1.82) is 0 Å². The average molecular weight is 562 g/mol. The molecule has 3 rings (SSSR count). The second-order valence-corrected chi connectivity index (χ2v) is 9.62. The number of nitrogens with one attached hydrogen (secondary N) is 2. The Morgan fingerprint density at radius 3 is 2.29 bits per heavy atom. The molecule has 0 bridgehead atoms. The van der Waals surface area contributed by atoms with Gasteiger partial charge in [-0.2, -0.15) is 23.4 Å². The molecule has 0 amide bonds. The third-order valence-electron chi connectivity index (χ3n) is 3.91. The van der Waals surface area contributed by atoms with Crippen LogP contribution in [0.3, 0.4) is 0 Å². The summed E-state index contributed by atoms with van der Waals surface area (Å²) in [5, 5.41) is 17.1. The van der Waals surface area contributed by atoms with Gasteiger partial charge >= 0.3 is 5.97 Å². The lowest BCUT2D eigenvalue weighted by Crippen LogP contribution is -2.05. The second-order valence-electron chi connectivity index (χ2n) is 6.42. The normalized spacial score (nSPS) is 11.2.